The van der Waals surface area contributed by atoms with Gasteiger partial charge in [-0.15, -0.1) is 5.10 Å². The Morgan fingerprint density at radius 1 is 1.19 bits per heavy atom. The van der Waals surface area contributed by atoms with E-state index in [1.165, 1.54) is 0 Å². The monoisotopic (exact) mass is 375 g/mol. The fourth-order valence-corrected chi connectivity index (χ4v) is 2.88. The van der Waals surface area contributed by atoms with Crippen molar-refractivity contribution in [2.45, 2.75) is 18.6 Å². The van der Waals surface area contributed by atoms with Gasteiger partial charge in [-0.25, -0.2) is 4.68 Å². The van der Waals surface area contributed by atoms with Crippen LogP contribution in [0.25, 0.3) is 10.8 Å². The van der Waals surface area contributed by atoms with E-state index in [0.29, 0.717) is 5.69 Å². The Kier molecular flexibility index (Phi) is 3.83. The van der Waals surface area contributed by atoms with Crippen LogP contribution in [0.1, 0.15) is 18.3 Å². The number of benzene rings is 2. The van der Waals surface area contributed by atoms with E-state index >= 15 is 0 Å². The molecule has 1 atom stereocenters. The molecule has 1 aliphatic rings. The first kappa shape index (κ1) is 17.0. The maximum Gasteiger partial charge on any atom is 0.453 e. The number of hydrogen-bond donors (Lipinski definition) is 2. The van der Waals surface area contributed by atoms with Crippen molar-refractivity contribution in [2.75, 3.05) is 10.6 Å². The summed E-state index contributed by atoms with van der Waals surface area (Å²) in [5, 5.41) is 10.0. The van der Waals surface area contributed by atoms with Crippen LogP contribution in [0.5, 0.6) is 0 Å². The van der Waals surface area contributed by atoms with Crippen molar-refractivity contribution in [3.8, 4) is 0 Å². The first-order valence-electron chi connectivity index (χ1n) is 7.94. The lowest BCUT2D eigenvalue weighted by Gasteiger charge is -2.22. The summed E-state index contributed by atoms with van der Waals surface area (Å²) in [4.78, 5) is 27.7. The zero-order valence-electron chi connectivity index (χ0n) is 13.6. The van der Waals surface area contributed by atoms with Crippen LogP contribution in [0.3, 0.4) is 0 Å². The number of aromatic nitrogens is 3. The van der Waals surface area contributed by atoms with Gasteiger partial charge in [0.2, 0.25) is 17.8 Å². The van der Waals surface area contributed by atoms with Crippen LogP contribution in [0, 0.1) is 0 Å². The fourth-order valence-electron chi connectivity index (χ4n) is 2.88. The van der Waals surface area contributed by atoms with Gasteiger partial charge in [0, 0.05) is 5.69 Å². The van der Waals surface area contributed by atoms with Crippen LogP contribution in [0.4, 0.5) is 24.8 Å². The van der Waals surface area contributed by atoms with Gasteiger partial charge in [0.25, 0.3) is 5.82 Å². The highest BCUT2D eigenvalue weighted by Gasteiger charge is 2.41. The van der Waals surface area contributed by atoms with Gasteiger partial charge in [0.1, 0.15) is 6.04 Å². The van der Waals surface area contributed by atoms with Crippen molar-refractivity contribution >= 4 is 34.2 Å². The lowest BCUT2D eigenvalue weighted by atomic mass is 10.1. The molecule has 0 aliphatic carbocycles. The van der Waals surface area contributed by atoms with E-state index in [-0.39, 0.29) is 6.42 Å². The summed E-state index contributed by atoms with van der Waals surface area (Å²) in [5.41, 5.74) is 0.461. The van der Waals surface area contributed by atoms with E-state index in [9.17, 15) is 22.8 Å². The molecule has 0 saturated heterocycles. The molecule has 0 saturated carbocycles. The van der Waals surface area contributed by atoms with Gasteiger partial charge in [-0.3, -0.25) is 14.9 Å². The summed E-state index contributed by atoms with van der Waals surface area (Å²) in [6, 6.07) is 11.5. The topological polar surface area (TPSA) is 88.9 Å². The van der Waals surface area contributed by atoms with Crippen molar-refractivity contribution in [3.63, 3.8) is 0 Å². The highest BCUT2D eigenvalue weighted by atomic mass is 19.4. The zero-order valence-corrected chi connectivity index (χ0v) is 13.6. The Hall–Kier alpha value is -3.43. The maximum absolute atomic E-state index is 12.8. The summed E-state index contributed by atoms with van der Waals surface area (Å²) in [7, 11) is 0. The highest BCUT2D eigenvalue weighted by molar-refractivity contribution is 6.01. The van der Waals surface area contributed by atoms with E-state index in [0.717, 1.165) is 15.5 Å². The first-order valence-corrected chi connectivity index (χ1v) is 7.94. The largest absolute Gasteiger partial charge is 0.453 e. The minimum Gasteiger partial charge on any atom is -0.324 e. The number of anilines is 2. The molecule has 1 aliphatic heterocycles. The van der Waals surface area contributed by atoms with Crippen LogP contribution >= 0.6 is 0 Å². The number of carbonyl (C=O) groups is 2. The average molecular weight is 375 g/mol. The molecule has 10 heteroatoms. The second-order valence-corrected chi connectivity index (χ2v) is 6.02. The van der Waals surface area contributed by atoms with E-state index in [4.69, 9.17) is 0 Å². The van der Waals surface area contributed by atoms with Crippen molar-refractivity contribution in [1.29, 1.82) is 0 Å². The third-order valence-corrected chi connectivity index (χ3v) is 4.13. The molecule has 2 amide bonds. The van der Waals surface area contributed by atoms with Crippen molar-refractivity contribution in [1.82, 2.24) is 14.8 Å². The number of nitrogens with zero attached hydrogens (tertiary/aromatic N) is 3. The lowest BCUT2D eigenvalue weighted by molar-refractivity contribution is -0.145. The lowest BCUT2D eigenvalue weighted by Crippen LogP contribution is -2.36. The summed E-state index contributed by atoms with van der Waals surface area (Å²) in [6.07, 6.45) is -5.12. The molecule has 7 nitrogen and oxygen atoms in total. The van der Waals surface area contributed by atoms with Crippen molar-refractivity contribution in [3.05, 3.63) is 48.3 Å². The van der Waals surface area contributed by atoms with Gasteiger partial charge >= 0.3 is 6.18 Å². The van der Waals surface area contributed by atoms with Crippen LogP contribution in [0.2, 0.25) is 0 Å². The fraction of sp³-hybridized carbons (Fsp3) is 0.176. The molecular weight excluding hydrogens is 363 g/mol. The Balaban J connectivity index is 1.63. The van der Waals surface area contributed by atoms with Crippen LogP contribution in [-0.2, 0) is 15.8 Å². The van der Waals surface area contributed by atoms with Gasteiger partial charge in [0.05, 0.1) is 6.42 Å². The van der Waals surface area contributed by atoms with Gasteiger partial charge in [-0.2, -0.15) is 18.2 Å². The van der Waals surface area contributed by atoms with Crippen molar-refractivity contribution < 1.29 is 22.8 Å². The number of carbonyl (C=O) groups excluding carboxylic acids is 2. The normalized spacial score (nSPS) is 16.7. The molecule has 0 radical (unpaired) electrons. The van der Waals surface area contributed by atoms with Gasteiger partial charge < -0.3 is 5.32 Å². The van der Waals surface area contributed by atoms with Crippen LogP contribution in [-0.4, -0.2) is 26.6 Å². The third-order valence-electron chi connectivity index (χ3n) is 4.13. The van der Waals surface area contributed by atoms with Crippen LogP contribution < -0.4 is 10.6 Å². The molecule has 0 bridgehead atoms. The summed E-state index contributed by atoms with van der Waals surface area (Å²) < 4.78 is 39.3. The van der Waals surface area contributed by atoms with Gasteiger partial charge in [0.15, 0.2) is 0 Å². The molecule has 2 aromatic carbocycles. The molecule has 0 fully saturated rings. The molecule has 27 heavy (non-hydrogen) atoms. The van der Waals surface area contributed by atoms with E-state index in [1.807, 2.05) is 24.3 Å². The Bertz CT molecular complexity index is 1060. The van der Waals surface area contributed by atoms with Crippen LogP contribution in [0.15, 0.2) is 42.5 Å². The van der Waals surface area contributed by atoms with E-state index in [2.05, 4.69) is 20.7 Å². The second kappa shape index (κ2) is 6.08. The number of rotatable bonds is 2. The molecule has 138 valence electrons. The molecule has 4 rings (SSSR count). The maximum atomic E-state index is 12.8. The quantitative estimate of drug-likeness (QED) is 0.721. The Labute approximate surface area is 150 Å². The number of hydrogen-bond acceptors (Lipinski definition) is 4. The second-order valence-electron chi connectivity index (χ2n) is 6.02. The minimum atomic E-state index is -4.78. The minimum absolute atomic E-state index is 0.340. The highest BCUT2D eigenvalue weighted by Crippen LogP contribution is 2.31. The molecule has 1 aromatic heterocycles. The molecular formula is C17H12F3N5O2. The number of halogens is 3. The Morgan fingerprint density at radius 3 is 2.67 bits per heavy atom. The van der Waals surface area contributed by atoms with Gasteiger partial charge in [-0.05, 0) is 22.9 Å². The molecule has 2 N–H and O–H groups in total. The molecule has 3 aromatic rings. The molecule has 0 spiro atoms. The number of amides is 2. The average Bonchev–Trinajstić information content (AvgIpc) is 3.05. The number of nitrogens with one attached hydrogen (secondary N) is 2. The number of alkyl halides is 3. The summed E-state index contributed by atoms with van der Waals surface area (Å²) >= 11 is 0. The Morgan fingerprint density at radius 2 is 1.93 bits per heavy atom. The summed E-state index contributed by atoms with van der Waals surface area (Å²) in [6.45, 7) is 0. The zero-order chi connectivity index (χ0) is 19.2. The SMILES string of the molecule is O=C1C[C@H](C(=O)Nc2ccc3ccccc3c2)n2nc(C(F)(F)F)nc2N1. The third kappa shape index (κ3) is 3.21. The molecule has 0 unspecified atom stereocenters. The summed E-state index contributed by atoms with van der Waals surface area (Å²) in [5.74, 6) is -3.08. The standard InChI is InChI=1S/C17H12F3N5O2/c18-17(19,20)15-23-16-22-13(26)8-12(25(16)24-15)14(27)21-11-6-5-9-3-1-2-4-10(9)7-11/h1-7,12H,8H2,(H,21,27)(H,22,23,24,26)/t12-/m1/s1. The van der Waals surface area contributed by atoms with E-state index < -0.39 is 35.8 Å². The number of fused-ring (bicyclic) bond motifs is 2. The van der Waals surface area contributed by atoms with Gasteiger partial charge in [-0.1, -0.05) is 30.3 Å². The first-order chi connectivity index (χ1) is 12.8. The molecule has 2 heterocycles. The smallest absolute Gasteiger partial charge is 0.324 e. The predicted molar refractivity (Wildman–Crippen MR) is 89.9 cm³/mol. The predicted octanol–water partition coefficient (Wildman–Crippen LogP) is 2.97. The van der Waals surface area contributed by atoms with Crippen molar-refractivity contribution in [2.24, 2.45) is 0 Å². The van der Waals surface area contributed by atoms with E-state index in [1.54, 1.807) is 18.2 Å².